The first-order valence-electron chi connectivity index (χ1n) is 16.0. The highest BCUT2D eigenvalue weighted by molar-refractivity contribution is 7.80. The number of rotatable bonds is 9. The molecule has 2 aliphatic rings. The van der Waals surface area contributed by atoms with Crippen LogP contribution in [0.25, 0.3) is 10.8 Å². The maximum Gasteiger partial charge on any atom is 0.357 e. The summed E-state index contributed by atoms with van der Waals surface area (Å²) in [6, 6.07) is 19.8. The molecule has 9 heteroatoms. The monoisotopic (exact) mass is 648 g/mol. The summed E-state index contributed by atoms with van der Waals surface area (Å²) in [5.41, 5.74) is 2.50. The van der Waals surface area contributed by atoms with Gasteiger partial charge in [-0.25, -0.2) is 0 Å². The van der Waals surface area contributed by atoms with Gasteiger partial charge < -0.3 is 19.7 Å². The summed E-state index contributed by atoms with van der Waals surface area (Å²) < 4.78 is 25.9. The first-order chi connectivity index (χ1) is 21.4. The van der Waals surface area contributed by atoms with Gasteiger partial charge in [0.05, 0.1) is 18.6 Å². The smallest absolute Gasteiger partial charge is 0.345 e. The van der Waals surface area contributed by atoms with Gasteiger partial charge in [-0.2, -0.15) is 0 Å². The molecule has 45 heavy (non-hydrogen) atoms. The lowest BCUT2D eigenvalue weighted by atomic mass is 9.49. The van der Waals surface area contributed by atoms with Crippen LogP contribution in [0.5, 0.6) is 0 Å². The Hall–Kier alpha value is -2.90. The second-order valence-electron chi connectivity index (χ2n) is 13.1. The van der Waals surface area contributed by atoms with Crippen LogP contribution in [0, 0.1) is 11.3 Å². The van der Waals surface area contributed by atoms with Gasteiger partial charge in [0.2, 0.25) is 5.91 Å². The number of nitrogens with one attached hydrogen (secondary N) is 2. The van der Waals surface area contributed by atoms with Crippen molar-refractivity contribution in [2.24, 2.45) is 11.3 Å². The van der Waals surface area contributed by atoms with Crippen LogP contribution in [0.2, 0.25) is 0 Å². The average Bonchev–Trinajstić information content (AvgIpc) is 3.01. The normalized spacial score (nSPS) is 23.7. The Morgan fingerprint density at radius 2 is 1.71 bits per heavy atom. The summed E-state index contributed by atoms with van der Waals surface area (Å²) in [5.74, 6) is -0.993. The number of fused-ring (bicyclic) bond motifs is 4. The van der Waals surface area contributed by atoms with E-state index in [-0.39, 0.29) is 41.3 Å². The Kier molecular flexibility index (Phi) is 9.72. The van der Waals surface area contributed by atoms with Crippen LogP contribution in [0.3, 0.4) is 0 Å². The molecule has 1 unspecified atom stereocenters. The van der Waals surface area contributed by atoms with E-state index in [1.54, 1.807) is 13.8 Å². The van der Waals surface area contributed by atoms with Gasteiger partial charge in [0.25, 0.3) is 0 Å². The lowest BCUT2D eigenvalue weighted by molar-refractivity contribution is -0.136. The lowest BCUT2D eigenvalue weighted by Crippen LogP contribution is -2.57. The number of ketones is 1. The summed E-state index contributed by atoms with van der Waals surface area (Å²) >= 11 is 5.74. The summed E-state index contributed by atoms with van der Waals surface area (Å²) in [7, 11) is -3.79. The number of Topliss-reactive ketones (excluding diaryl/α,β-unsaturated/α-hetero) is 1. The zero-order chi connectivity index (χ0) is 32.6. The third kappa shape index (κ3) is 6.15. The Morgan fingerprint density at radius 1 is 1.02 bits per heavy atom. The van der Waals surface area contributed by atoms with Gasteiger partial charge in [-0.1, -0.05) is 88.7 Å². The molecule has 0 heterocycles. The standard InChI is InChI=1S/C36H45N2O5PS/c1-7-42-44(41,43-8-2)32(27-16-11-14-24-13-9-10-15-26(24)27)37-34(45)38-33(40)36(6)20-12-19-35(5)29-18-17-25(23(3)4)21-28(29)30(39)22-31(35)36/h9-11,13-18,21,23,31-32H,7-8,12,19-20,22H2,1-6H3,(H2,37,38,40,45)/t31-,32?,35-,36-/m1/s1. The molecule has 1 saturated carbocycles. The van der Waals surface area contributed by atoms with Gasteiger partial charge in [-0.3, -0.25) is 14.2 Å². The van der Waals surface area contributed by atoms with Gasteiger partial charge in [-0.05, 0) is 89.7 Å². The van der Waals surface area contributed by atoms with Gasteiger partial charge in [-0.15, -0.1) is 0 Å². The summed E-state index contributed by atoms with van der Waals surface area (Å²) in [4.78, 5) is 27.8. The third-order valence-electron chi connectivity index (χ3n) is 10.0. The van der Waals surface area contributed by atoms with E-state index in [1.807, 2.05) is 49.4 Å². The van der Waals surface area contributed by atoms with Gasteiger partial charge in [0, 0.05) is 12.0 Å². The number of amides is 1. The van der Waals surface area contributed by atoms with Crippen LogP contribution in [0.15, 0.2) is 60.7 Å². The van der Waals surface area contributed by atoms with Crippen molar-refractivity contribution >= 4 is 47.4 Å². The molecular weight excluding hydrogens is 603 g/mol. The molecule has 4 atom stereocenters. The minimum Gasteiger partial charge on any atom is -0.345 e. The van der Waals surface area contributed by atoms with Crippen LogP contribution in [-0.4, -0.2) is 30.0 Å². The van der Waals surface area contributed by atoms with Gasteiger partial charge in [0.15, 0.2) is 16.7 Å². The molecule has 2 N–H and O–H groups in total. The van der Waals surface area contributed by atoms with Crippen molar-refractivity contribution in [1.82, 2.24) is 10.6 Å². The highest BCUT2D eigenvalue weighted by Gasteiger charge is 2.57. The molecule has 3 aromatic carbocycles. The van der Waals surface area contributed by atoms with Crippen LogP contribution >= 0.6 is 19.8 Å². The molecule has 1 fully saturated rings. The molecule has 0 saturated heterocycles. The first-order valence-corrected chi connectivity index (χ1v) is 18.1. The topological polar surface area (TPSA) is 93.7 Å². The fourth-order valence-corrected chi connectivity index (χ4v) is 9.88. The molecule has 3 aromatic rings. The Labute approximate surface area is 272 Å². The number of hydrogen-bond donors (Lipinski definition) is 2. The minimum absolute atomic E-state index is 0.0372. The van der Waals surface area contributed by atoms with Crippen molar-refractivity contribution in [2.45, 2.75) is 84.3 Å². The van der Waals surface area contributed by atoms with E-state index in [2.05, 4.69) is 49.6 Å². The van der Waals surface area contributed by atoms with E-state index in [4.69, 9.17) is 21.3 Å². The van der Waals surface area contributed by atoms with Gasteiger partial charge in [0.1, 0.15) is 0 Å². The lowest BCUT2D eigenvalue weighted by Gasteiger charge is -2.54. The average molecular weight is 649 g/mol. The predicted octanol–water partition coefficient (Wildman–Crippen LogP) is 8.57. The van der Waals surface area contributed by atoms with E-state index in [0.29, 0.717) is 24.3 Å². The number of carbonyl (C=O) groups excluding carboxylic acids is 2. The second kappa shape index (κ2) is 13.1. The highest BCUT2D eigenvalue weighted by atomic mass is 32.1. The molecule has 0 radical (unpaired) electrons. The maximum absolute atomic E-state index is 14.3. The first kappa shape index (κ1) is 33.5. The maximum atomic E-state index is 14.3. The van der Waals surface area contributed by atoms with Crippen molar-refractivity contribution in [2.75, 3.05) is 13.2 Å². The van der Waals surface area contributed by atoms with E-state index < -0.39 is 18.8 Å². The molecule has 1 amide bonds. The molecule has 0 aliphatic heterocycles. The van der Waals surface area contributed by atoms with Crippen LogP contribution < -0.4 is 10.6 Å². The van der Waals surface area contributed by atoms with E-state index in [9.17, 15) is 14.2 Å². The highest BCUT2D eigenvalue weighted by Crippen LogP contribution is 2.61. The summed E-state index contributed by atoms with van der Waals surface area (Å²) in [5, 5.41) is 7.99. The van der Waals surface area contributed by atoms with Crippen molar-refractivity contribution in [3.8, 4) is 0 Å². The number of benzene rings is 3. The molecule has 5 rings (SSSR count). The van der Waals surface area contributed by atoms with E-state index in [1.165, 1.54) is 0 Å². The van der Waals surface area contributed by atoms with Crippen LogP contribution in [0.1, 0.15) is 106 Å². The predicted molar refractivity (Wildman–Crippen MR) is 184 cm³/mol. The van der Waals surface area contributed by atoms with Crippen molar-refractivity contribution in [3.63, 3.8) is 0 Å². The summed E-state index contributed by atoms with van der Waals surface area (Å²) in [6.45, 7) is 12.3. The van der Waals surface area contributed by atoms with Crippen molar-refractivity contribution in [1.29, 1.82) is 0 Å². The zero-order valence-corrected chi connectivity index (χ0v) is 28.9. The fourth-order valence-electron chi connectivity index (χ4n) is 7.63. The zero-order valence-electron chi connectivity index (χ0n) is 27.1. The third-order valence-corrected chi connectivity index (χ3v) is 12.5. The molecule has 2 aliphatic carbocycles. The molecular formula is C36H45N2O5PS. The molecule has 7 nitrogen and oxygen atoms in total. The van der Waals surface area contributed by atoms with E-state index >= 15 is 0 Å². The largest absolute Gasteiger partial charge is 0.357 e. The number of carbonyl (C=O) groups is 2. The van der Waals surface area contributed by atoms with Crippen LogP contribution in [-0.2, 0) is 23.8 Å². The molecule has 240 valence electrons. The van der Waals surface area contributed by atoms with E-state index in [0.717, 1.165) is 40.3 Å². The van der Waals surface area contributed by atoms with Gasteiger partial charge >= 0.3 is 7.60 Å². The Bertz CT molecular complexity index is 1660. The Morgan fingerprint density at radius 3 is 2.40 bits per heavy atom. The fraction of sp³-hybridized carbons (Fsp3) is 0.472. The van der Waals surface area contributed by atoms with Crippen molar-refractivity contribution < 1.29 is 23.2 Å². The summed E-state index contributed by atoms with van der Waals surface area (Å²) in [6.07, 6.45) is 2.69. The second-order valence-corrected chi connectivity index (χ2v) is 15.6. The molecule has 0 aromatic heterocycles. The SMILES string of the molecule is CCOP(=O)(OCC)C(NC(=S)NC(=O)[C@]1(C)CCC[C@]2(C)c3ccc(C(C)C)cc3C(=O)C[C@@H]12)c1cccc2ccccc12. The minimum atomic E-state index is -3.79. The quantitative estimate of drug-likeness (QED) is 0.177. The number of thiocarbonyl (C=S) groups is 1. The Balaban J connectivity index is 1.45. The van der Waals surface area contributed by atoms with Crippen LogP contribution in [0.4, 0.5) is 0 Å². The molecule has 0 spiro atoms. The number of hydrogen-bond acceptors (Lipinski definition) is 6. The molecule has 0 bridgehead atoms. The van der Waals surface area contributed by atoms with Crippen molar-refractivity contribution in [3.05, 3.63) is 82.9 Å².